The van der Waals surface area contributed by atoms with E-state index in [1.165, 1.54) is 6.92 Å². The second kappa shape index (κ2) is 14.7. The van der Waals surface area contributed by atoms with Crippen LogP contribution in [0.25, 0.3) is 11.0 Å². The van der Waals surface area contributed by atoms with Gasteiger partial charge in [-0.25, -0.2) is 9.97 Å². The average Bonchev–Trinajstić information content (AvgIpc) is 3.80. The van der Waals surface area contributed by atoms with Crippen LogP contribution in [0.5, 0.6) is 0 Å². The van der Waals surface area contributed by atoms with E-state index in [9.17, 15) is 33.6 Å². The second-order valence-corrected chi connectivity index (χ2v) is 14.8. The van der Waals surface area contributed by atoms with E-state index >= 15 is 0 Å². The summed E-state index contributed by atoms with van der Waals surface area (Å²) in [6.45, 7) is 5.33. The number of rotatable bonds is 9. The number of piperazine rings is 1. The van der Waals surface area contributed by atoms with Crippen molar-refractivity contribution in [2.24, 2.45) is 0 Å². The summed E-state index contributed by atoms with van der Waals surface area (Å²) in [5, 5.41) is 6.03. The molecule has 1 atom stereocenters. The smallest absolute Gasteiger partial charge is 0.263 e. The molecule has 2 N–H and O–H groups in total. The number of anilines is 3. The molecule has 4 aromatic rings. The standard InChI is InChI=1S/C40H41N9O7/c1-22-28-21-42-40(45-35(28)48(25-7-3-4-8-25)38(55)33(22)23(2)50)43-30-13-11-26(20-41-30)46-16-18-47(19-17-46)32(52)15-10-24-6-5-9-27-34(24)39(56)49(37(27)54)29-12-14-31(51)44-36(29)53/h5-6,9,11,13,20-21,25,29H,3-4,7-8,10,12,14-19H2,1-2H3,(H,44,51,53)(H,41,42,43,45)/t29-/m1/s1. The quantitative estimate of drug-likeness (QED) is 0.187. The van der Waals surface area contributed by atoms with E-state index in [1.807, 2.05) is 12.1 Å². The summed E-state index contributed by atoms with van der Waals surface area (Å²) in [6, 6.07) is 7.61. The number of fused-ring (bicyclic) bond motifs is 2. The van der Waals surface area contributed by atoms with E-state index in [-0.39, 0.29) is 71.6 Å². The number of aryl methyl sites for hydroxylation is 2. The molecule has 1 saturated carbocycles. The zero-order valence-corrected chi connectivity index (χ0v) is 31.2. The fourth-order valence-electron chi connectivity index (χ4n) is 8.48. The van der Waals surface area contributed by atoms with Gasteiger partial charge in [0.15, 0.2) is 5.78 Å². The van der Waals surface area contributed by atoms with Crippen molar-refractivity contribution in [1.82, 2.24) is 34.6 Å². The van der Waals surface area contributed by atoms with Gasteiger partial charge in [-0.2, -0.15) is 4.98 Å². The van der Waals surface area contributed by atoms with Crippen LogP contribution in [0.4, 0.5) is 17.5 Å². The first kappa shape index (κ1) is 36.6. The maximum Gasteiger partial charge on any atom is 0.263 e. The van der Waals surface area contributed by atoms with Crippen molar-refractivity contribution >= 4 is 63.8 Å². The third-order valence-corrected chi connectivity index (χ3v) is 11.4. The van der Waals surface area contributed by atoms with E-state index in [2.05, 4.69) is 25.5 Å². The lowest BCUT2D eigenvalue weighted by Crippen LogP contribution is -2.54. The SMILES string of the molecule is CC(=O)c1c(C)c2cnc(Nc3ccc(N4CCN(C(=O)CCc5cccc6c5C(=O)N([C@@H]5CCC(=O)NC5=O)C6=O)CC4)cn3)nc2n(C2CCCC2)c1=O. The van der Waals surface area contributed by atoms with Gasteiger partial charge in [-0.3, -0.25) is 48.3 Å². The number of nitrogens with one attached hydrogen (secondary N) is 2. The summed E-state index contributed by atoms with van der Waals surface area (Å²) < 4.78 is 1.68. The highest BCUT2D eigenvalue weighted by atomic mass is 16.2. The molecule has 5 amide bonds. The maximum atomic E-state index is 13.5. The molecular formula is C40H41N9O7. The molecule has 1 aromatic carbocycles. The van der Waals surface area contributed by atoms with Crippen molar-refractivity contribution in [3.63, 3.8) is 0 Å². The molecule has 56 heavy (non-hydrogen) atoms. The van der Waals surface area contributed by atoms with E-state index in [4.69, 9.17) is 4.98 Å². The predicted octanol–water partition coefficient (Wildman–Crippen LogP) is 3.24. The third kappa shape index (κ3) is 6.58. The molecule has 3 aromatic heterocycles. The highest BCUT2D eigenvalue weighted by Gasteiger charge is 2.45. The first-order valence-electron chi connectivity index (χ1n) is 19.0. The number of ketones is 1. The van der Waals surface area contributed by atoms with Crippen molar-refractivity contribution in [3.05, 3.63) is 80.9 Å². The van der Waals surface area contributed by atoms with Gasteiger partial charge >= 0.3 is 0 Å². The number of piperidine rings is 1. The summed E-state index contributed by atoms with van der Waals surface area (Å²) in [6.07, 6.45) is 7.62. The monoisotopic (exact) mass is 759 g/mol. The van der Waals surface area contributed by atoms with Gasteiger partial charge in [-0.1, -0.05) is 25.0 Å². The van der Waals surface area contributed by atoms with Crippen molar-refractivity contribution in [2.45, 2.75) is 77.3 Å². The van der Waals surface area contributed by atoms with Crippen LogP contribution in [-0.2, 0) is 20.8 Å². The molecule has 0 unspecified atom stereocenters. The van der Waals surface area contributed by atoms with E-state index in [0.717, 1.165) is 36.3 Å². The van der Waals surface area contributed by atoms with Crippen LogP contribution in [0.3, 0.4) is 0 Å². The molecule has 0 radical (unpaired) electrons. The second-order valence-electron chi connectivity index (χ2n) is 14.8. The number of carbonyl (C=O) groups is 6. The number of hydrogen-bond donors (Lipinski definition) is 2. The van der Waals surface area contributed by atoms with Crippen molar-refractivity contribution in [3.8, 4) is 0 Å². The molecule has 6 heterocycles. The summed E-state index contributed by atoms with van der Waals surface area (Å²) >= 11 is 0. The summed E-state index contributed by atoms with van der Waals surface area (Å²) in [4.78, 5) is 109. The third-order valence-electron chi connectivity index (χ3n) is 11.4. The Morgan fingerprint density at radius 2 is 1.68 bits per heavy atom. The number of hydrogen-bond acceptors (Lipinski definition) is 12. The fourth-order valence-corrected chi connectivity index (χ4v) is 8.48. The first-order valence-corrected chi connectivity index (χ1v) is 19.0. The zero-order valence-electron chi connectivity index (χ0n) is 31.2. The molecule has 3 aliphatic heterocycles. The number of carbonyl (C=O) groups excluding carboxylic acids is 6. The molecule has 0 bridgehead atoms. The molecule has 0 spiro atoms. The number of amides is 5. The van der Waals surface area contributed by atoms with E-state index < -0.39 is 29.7 Å². The zero-order chi connectivity index (χ0) is 39.2. The Morgan fingerprint density at radius 3 is 2.38 bits per heavy atom. The van der Waals surface area contributed by atoms with Crippen molar-refractivity contribution in [1.29, 1.82) is 0 Å². The summed E-state index contributed by atoms with van der Waals surface area (Å²) in [5.74, 6) is -1.80. The van der Waals surface area contributed by atoms with Gasteiger partial charge in [0, 0.05) is 56.6 Å². The molecule has 8 rings (SSSR count). The average molecular weight is 760 g/mol. The minimum atomic E-state index is -1.05. The van der Waals surface area contributed by atoms with Crippen LogP contribution >= 0.6 is 0 Å². The molecule has 16 heteroatoms. The highest BCUT2D eigenvalue weighted by Crippen LogP contribution is 2.33. The molecule has 1 aliphatic carbocycles. The lowest BCUT2D eigenvalue weighted by atomic mass is 9.98. The Labute approximate surface area is 321 Å². The topological polar surface area (TPSA) is 197 Å². The van der Waals surface area contributed by atoms with Crippen molar-refractivity contribution in [2.75, 3.05) is 36.4 Å². The summed E-state index contributed by atoms with van der Waals surface area (Å²) in [7, 11) is 0. The molecule has 288 valence electrons. The Bertz CT molecular complexity index is 2380. The minimum absolute atomic E-state index is 0.0262. The van der Waals surface area contributed by atoms with Crippen LogP contribution in [0.1, 0.15) is 100 Å². The number of benzene rings is 1. The van der Waals surface area contributed by atoms with E-state index in [0.29, 0.717) is 54.2 Å². The van der Waals surface area contributed by atoms with Gasteiger partial charge in [0.2, 0.25) is 23.7 Å². The van der Waals surface area contributed by atoms with Crippen LogP contribution in [0, 0.1) is 6.92 Å². The van der Waals surface area contributed by atoms with Gasteiger partial charge in [0.1, 0.15) is 17.5 Å². The van der Waals surface area contributed by atoms with Crippen LogP contribution in [0.2, 0.25) is 0 Å². The van der Waals surface area contributed by atoms with Gasteiger partial charge in [0.05, 0.1) is 28.6 Å². The Kier molecular flexibility index (Phi) is 9.64. The molecule has 4 aliphatic rings. The van der Waals surface area contributed by atoms with Crippen LogP contribution in [-0.4, -0.2) is 96.9 Å². The molecule has 2 saturated heterocycles. The number of aromatic nitrogens is 4. The maximum absolute atomic E-state index is 13.5. The number of Topliss-reactive ketones (excluding diaryl/α,β-unsaturated/α-hetero) is 1. The first-order chi connectivity index (χ1) is 27.0. The number of imide groups is 2. The Balaban J connectivity index is 0.886. The lowest BCUT2D eigenvalue weighted by Gasteiger charge is -2.36. The number of nitrogens with zero attached hydrogens (tertiary/aromatic N) is 7. The van der Waals surface area contributed by atoms with Crippen LogP contribution in [0.15, 0.2) is 47.5 Å². The molecule has 3 fully saturated rings. The Hall–Kier alpha value is -6.32. The molecular weight excluding hydrogens is 718 g/mol. The molecule has 16 nitrogen and oxygen atoms in total. The number of pyridine rings is 2. The van der Waals surface area contributed by atoms with Gasteiger partial charge in [-0.05, 0) is 68.9 Å². The minimum Gasteiger partial charge on any atom is -0.367 e. The Morgan fingerprint density at radius 1 is 0.911 bits per heavy atom. The normalized spacial score (nSPS) is 18.8. The van der Waals surface area contributed by atoms with Crippen molar-refractivity contribution < 1.29 is 28.8 Å². The predicted molar refractivity (Wildman–Crippen MR) is 204 cm³/mol. The van der Waals surface area contributed by atoms with Gasteiger partial charge < -0.3 is 15.1 Å². The van der Waals surface area contributed by atoms with Gasteiger partial charge in [0.25, 0.3) is 17.4 Å². The fraction of sp³-hybridized carbons (Fsp3) is 0.400. The van der Waals surface area contributed by atoms with E-state index in [1.54, 1.807) is 47.0 Å². The van der Waals surface area contributed by atoms with Crippen LogP contribution < -0.4 is 21.1 Å². The summed E-state index contributed by atoms with van der Waals surface area (Å²) in [5.41, 5.74) is 2.81. The van der Waals surface area contributed by atoms with Gasteiger partial charge in [-0.15, -0.1) is 0 Å². The lowest BCUT2D eigenvalue weighted by molar-refractivity contribution is -0.136. The largest absolute Gasteiger partial charge is 0.367 e. The highest BCUT2D eigenvalue weighted by molar-refractivity contribution is 6.24.